The van der Waals surface area contributed by atoms with E-state index in [1.54, 1.807) is 17.2 Å². The first kappa shape index (κ1) is 15.2. The van der Waals surface area contributed by atoms with Crippen LogP contribution in [0.1, 0.15) is 12.6 Å². The minimum absolute atomic E-state index is 0.0348. The van der Waals surface area contributed by atoms with Crippen molar-refractivity contribution >= 4 is 33.8 Å². The van der Waals surface area contributed by atoms with Crippen molar-refractivity contribution in [2.75, 3.05) is 19.7 Å². The van der Waals surface area contributed by atoms with Crippen molar-refractivity contribution < 1.29 is 9.90 Å². The molecule has 118 valence electrons. The van der Waals surface area contributed by atoms with Gasteiger partial charge in [-0.25, -0.2) is 0 Å². The van der Waals surface area contributed by atoms with Crippen LogP contribution >= 0.6 is 0 Å². The molecule has 23 heavy (non-hydrogen) atoms. The van der Waals surface area contributed by atoms with E-state index in [0.29, 0.717) is 13.1 Å². The zero-order chi connectivity index (χ0) is 16.2. The summed E-state index contributed by atoms with van der Waals surface area (Å²) in [6.45, 7) is 2.76. The molecule has 1 aromatic carbocycles. The summed E-state index contributed by atoms with van der Waals surface area (Å²) in [7, 11) is 0. The van der Waals surface area contributed by atoms with E-state index < -0.39 is 0 Å². The van der Waals surface area contributed by atoms with Crippen LogP contribution in [0.5, 0.6) is 0 Å². The predicted molar refractivity (Wildman–Crippen MR) is 92.0 cm³/mol. The van der Waals surface area contributed by atoms with Gasteiger partial charge in [-0.2, -0.15) is 0 Å². The summed E-state index contributed by atoms with van der Waals surface area (Å²) in [4.78, 5) is 21.3. The molecule has 5 nitrogen and oxygen atoms in total. The van der Waals surface area contributed by atoms with Crippen LogP contribution < -0.4 is 0 Å². The van der Waals surface area contributed by atoms with Crippen molar-refractivity contribution in [1.82, 2.24) is 14.9 Å². The molecule has 0 fully saturated rings. The van der Waals surface area contributed by atoms with E-state index in [2.05, 4.69) is 16.0 Å². The highest BCUT2D eigenvalue weighted by Crippen LogP contribution is 2.25. The molecule has 0 aliphatic rings. The van der Waals surface area contributed by atoms with Crippen molar-refractivity contribution in [1.29, 1.82) is 0 Å². The van der Waals surface area contributed by atoms with E-state index in [9.17, 15) is 4.79 Å². The third-order valence-electron chi connectivity index (χ3n) is 3.87. The molecule has 0 saturated heterocycles. The van der Waals surface area contributed by atoms with Crippen molar-refractivity contribution in [3.8, 4) is 0 Å². The largest absolute Gasteiger partial charge is 0.395 e. The van der Waals surface area contributed by atoms with Gasteiger partial charge in [0.1, 0.15) is 0 Å². The molecule has 0 aliphatic carbocycles. The Kier molecular flexibility index (Phi) is 4.39. The molecule has 0 radical (unpaired) electrons. The number of aromatic nitrogens is 2. The van der Waals surface area contributed by atoms with E-state index in [0.717, 1.165) is 27.5 Å². The Hall–Kier alpha value is -2.66. The molecule has 2 aromatic heterocycles. The van der Waals surface area contributed by atoms with Gasteiger partial charge in [0, 0.05) is 35.5 Å². The van der Waals surface area contributed by atoms with Gasteiger partial charge in [0.2, 0.25) is 5.91 Å². The number of nitrogens with zero attached hydrogens (tertiary/aromatic N) is 2. The van der Waals surface area contributed by atoms with Crippen LogP contribution in [0.2, 0.25) is 0 Å². The topological polar surface area (TPSA) is 69.2 Å². The number of carbonyl (C=O) groups excluding carboxylic acids is 1. The van der Waals surface area contributed by atoms with Crippen LogP contribution in [0.25, 0.3) is 27.9 Å². The minimum Gasteiger partial charge on any atom is -0.395 e. The van der Waals surface area contributed by atoms with Crippen molar-refractivity contribution in [2.45, 2.75) is 6.92 Å². The van der Waals surface area contributed by atoms with Gasteiger partial charge in [0.05, 0.1) is 24.0 Å². The number of fused-ring (bicyclic) bond motifs is 3. The van der Waals surface area contributed by atoms with Crippen molar-refractivity contribution in [3.05, 3.63) is 48.3 Å². The molecule has 1 amide bonds. The number of likely N-dealkylation sites (N-methyl/N-ethyl adjacent to an activating group) is 1. The molecule has 0 unspecified atom stereocenters. The van der Waals surface area contributed by atoms with Gasteiger partial charge in [-0.1, -0.05) is 18.2 Å². The quantitative estimate of drug-likeness (QED) is 0.712. The Balaban J connectivity index is 1.90. The second kappa shape index (κ2) is 6.62. The lowest BCUT2D eigenvalue weighted by molar-refractivity contribution is -0.126. The summed E-state index contributed by atoms with van der Waals surface area (Å²) in [6, 6.07) is 10.1. The highest BCUT2D eigenvalue weighted by atomic mass is 16.3. The van der Waals surface area contributed by atoms with Gasteiger partial charge in [-0.05, 0) is 25.1 Å². The number of benzene rings is 1. The molecule has 0 saturated carbocycles. The summed E-state index contributed by atoms with van der Waals surface area (Å²) >= 11 is 0. The average Bonchev–Trinajstić information content (AvgIpc) is 2.95. The van der Waals surface area contributed by atoms with Crippen LogP contribution in [0.4, 0.5) is 0 Å². The van der Waals surface area contributed by atoms with Gasteiger partial charge < -0.3 is 15.0 Å². The fourth-order valence-electron chi connectivity index (χ4n) is 2.66. The van der Waals surface area contributed by atoms with E-state index in [-0.39, 0.29) is 12.5 Å². The Labute approximate surface area is 134 Å². The number of pyridine rings is 1. The Morgan fingerprint density at radius 3 is 2.91 bits per heavy atom. The van der Waals surface area contributed by atoms with Gasteiger partial charge in [-0.15, -0.1) is 0 Å². The van der Waals surface area contributed by atoms with Crippen LogP contribution in [0, 0.1) is 0 Å². The highest BCUT2D eigenvalue weighted by Gasteiger charge is 2.08. The van der Waals surface area contributed by atoms with Gasteiger partial charge in [-0.3, -0.25) is 9.78 Å². The highest BCUT2D eigenvalue weighted by molar-refractivity contribution is 6.07. The van der Waals surface area contributed by atoms with E-state index in [4.69, 9.17) is 5.11 Å². The number of aromatic amines is 1. The number of aliphatic hydroxyl groups is 1. The van der Waals surface area contributed by atoms with Crippen LogP contribution in [0.15, 0.2) is 42.6 Å². The molecule has 0 bridgehead atoms. The smallest absolute Gasteiger partial charge is 0.246 e. The van der Waals surface area contributed by atoms with Crippen molar-refractivity contribution in [3.63, 3.8) is 0 Å². The van der Waals surface area contributed by atoms with Gasteiger partial charge >= 0.3 is 0 Å². The molecule has 0 aliphatic heterocycles. The fourth-order valence-corrected chi connectivity index (χ4v) is 2.66. The van der Waals surface area contributed by atoms with Crippen molar-refractivity contribution in [2.24, 2.45) is 0 Å². The summed E-state index contributed by atoms with van der Waals surface area (Å²) in [5, 5.41) is 11.2. The zero-order valence-corrected chi connectivity index (χ0v) is 13.0. The monoisotopic (exact) mass is 309 g/mol. The lowest BCUT2D eigenvalue weighted by atomic mass is 10.1. The van der Waals surface area contributed by atoms with Gasteiger partial charge in [0.25, 0.3) is 0 Å². The molecule has 3 rings (SSSR count). The predicted octanol–water partition coefficient (Wildman–Crippen LogP) is 2.57. The average molecular weight is 309 g/mol. The maximum Gasteiger partial charge on any atom is 0.246 e. The second-order valence-corrected chi connectivity index (χ2v) is 5.30. The Bertz CT molecular complexity index is 867. The standard InChI is InChI=1S/C18H19N3O2/c1-2-21(9-10-22)18(23)8-7-13-11-15-14-5-3-4-6-16(14)20-17(15)12-19-13/h3-8,11-12,20,22H,2,9-10H2,1H3/b8-7+. The molecule has 2 heterocycles. The third-order valence-corrected chi connectivity index (χ3v) is 3.87. The van der Waals surface area contributed by atoms with Crippen LogP contribution in [0.3, 0.4) is 0 Å². The fraction of sp³-hybridized carbons (Fsp3) is 0.222. The number of hydrogen-bond acceptors (Lipinski definition) is 3. The molecule has 2 N–H and O–H groups in total. The minimum atomic E-state index is -0.123. The Morgan fingerprint density at radius 2 is 2.13 bits per heavy atom. The summed E-state index contributed by atoms with van der Waals surface area (Å²) < 4.78 is 0. The summed E-state index contributed by atoms with van der Waals surface area (Å²) in [6.07, 6.45) is 5.00. The number of para-hydroxylation sites is 1. The van der Waals surface area contributed by atoms with E-state index in [1.165, 1.54) is 6.08 Å². The SMILES string of the molecule is CCN(CCO)C(=O)/C=C/c1cc2c(cn1)[nH]c1ccccc12. The molecule has 5 heteroatoms. The summed E-state index contributed by atoms with van der Waals surface area (Å²) in [5.74, 6) is -0.123. The zero-order valence-electron chi connectivity index (χ0n) is 13.0. The number of nitrogens with one attached hydrogen (secondary N) is 1. The van der Waals surface area contributed by atoms with Crippen LogP contribution in [-0.2, 0) is 4.79 Å². The normalized spacial score (nSPS) is 11.6. The molecular formula is C18H19N3O2. The first-order valence-electron chi connectivity index (χ1n) is 7.67. The van der Waals surface area contributed by atoms with Gasteiger partial charge in [0.15, 0.2) is 0 Å². The Morgan fingerprint density at radius 1 is 1.30 bits per heavy atom. The van der Waals surface area contributed by atoms with E-state index >= 15 is 0 Å². The number of H-pyrrole nitrogens is 1. The van der Waals surface area contributed by atoms with Crippen LogP contribution in [-0.4, -0.2) is 45.6 Å². The molecular weight excluding hydrogens is 290 g/mol. The van der Waals surface area contributed by atoms with E-state index in [1.807, 2.05) is 31.2 Å². The summed E-state index contributed by atoms with van der Waals surface area (Å²) in [5.41, 5.74) is 2.78. The maximum absolute atomic E-state index is 12.1. The lowest BCUT2D eigenvalue weighted by Gasteiger charge is -2.17. The molecule has 0 spiro atoms. The number of aliphatic hydroxyl groups excluding tert-OH is 1. The first-order valence-corrected chi connectivity index (χ1v) is 7.67. The first-order chi connectivity index (χ1) is 11.2. The number of hydrogen-bond donors (Lipinski definition) is 2. The second-order valence-electron chi connectivity index (χ2n) is 5.30. The molecule has 3 aromatic rings. The number of amides is 1. The maximum atomic E-state index is 12.1. The number of rotatable bonds is 5. The third kappa shape index (κ3) is 3.10. The molecule has 0 atom stereocenters. The lowest BCUT2D eigenvalue weighted by Crippen LogP contribution is -2.31. The number of carbonyl (C=O) groups is 1.